The summed E-state index contributed by atoms with van der Waals surface area (Å²) < 4.78 is 1.75. The molecule has 0 fully saturated rings. The number of hydrogen-bond acceptors (Lipinski definition) is 3. The van der Waals surface area contributed by atoms with Gasteiger partial charge in [0.15, 0.2) is 5.65 Å². The lowest BCUT2D eigenvalue weighted by Crippen LogP contribution is -2.03. The zero-order valence-corrected chi connectivity index (χ0v) is 13.3. The Hall–Kier alpha value is -1.49. The Morgan fingerprint density at radius 2 is 1.86 bits per heavy atom. The molecule has 0 aliphatic rings. The number of anilines is 1. The number of benzene rings is 1. The van der Waals surface area contributed by atoms with Crippen molar-refractivity contribution in [2.24, 2.45) is 0 Å². The van der Waals surface area contributed by atoms with Crippen LogP contribution in [0.15, 0.2) is 30.6 Å². The summed E-state index contributed by atoms with van der Waals surface area (Å²) in [5.41, 5.74) is 3.36. The maximum absolute atomic E-state index is 6.13. The third-order valence-corrected chi connectivity index (χ3v) is 3.78. The topological polar surface area (TPSA) is 42.2 Å². The van der Waals surface area contributed by atoms with Crippen LogP contribution in [-0.4, -0.2) is 14.6 Å². The number of nitrogens with zero attached hydrogens (tertiary/aromatic N) is 3. The van der Waals surface area contributed by atoms with E-state index in [1.165, 1.54) is 0 Å². The van der Waals surface area contributed by atoms with Crippen LogP contribution in [0.25, 0.3) is 5.65 Å². The Morgan fingerprint density at radius 1 is 1.14 bits per heavy atom. The molecule has 3 aromatic rings. The predicted octanol–water partition coefficient (Wildman–Crippen LogP) is 4.61. The Labute approximate surface area is 136 Å². The second-order valence-corrected chi connectivity index (χ2v) is 5.90. The molecule has 0 saturated carbocycles. The molecule has 1 N–H and O–H groups in total. The fourth-order valence-electron chi connectivity index (χ4n) is 2.03. The van der Waals surface area contributed by atoms with Crippen LogP contribution in [0.2, 0.25) is 15.1 Å². The summed E-state index contributed by atoms with van der Waals surface area (Å²) in [5, 5.41) is 9.00. The largest absolute Gasteiger partial charge is 0.378 e. The monoisotopic (exact) mass is 340 g/mol. The molecule has 0 unspecified atom stereocenters. The van der Waals surface area contributed by atoms with Gasteiger partial charge in [0.2, 0.25) is 0 Å². The van der Waals surface area contributed by atoms with E-state index in [0.717, 1.165) is 16.9 Å². The maximum Gasteiger partial charge on any atom is 0.155 e. The summed E-state index contributed by atoms with van der Waals surface area (Å²) in [6.45, 7) is 2.46. The van der Waals surface area contributed by atoms with E-state index in [-0.39, 0.29) is 0 Å². The van der Waals surface area contributed by atoms with Gasteiger partial charge in [0.1, 0.15) is 0 Å². The van der Waals surface area contributed by atoms with Crippen molar-refractivity contribution >= 4 is 46.1 Å². The van der Waals surface area contributed by atoms with Crippen molar-refractivity contribution in [3.05, 3.63) is 56.9 Å². The predicted molar refractivity (Wildman–Crippen MR) is 86.5 cm³/mol. The highest BCUT2D eigenvalue weighted by molar-refractivity contribution is 6.41. The molecule has 4 nitrogen and oxygen atoms in total. The molecular weight excluding hydrogens is 331 g/mol. The van der Waals surface area contributed by atoms with Crippen molar-refractivity contribution < 1.29 is 0 Å². The molecule has 7 heteroatoms. The molecule has 2 aromatic heterocycles. The van der Waals surface area contributed by atoms with Crippen LogP contribution < -0.4 is 5.32 Å². The molecule has 21 heavy (non-hydrogen) atoms. The van der Waals surface area contributed by atoms with E-state index in [2.05, 4.69) is 15.4 Å². The summed E-state index contributed by atoms with van der Waals surface area (Å²) in [6.07, 6.45) is 3.71. The van der Waals surface area contributed by atoms with Gasteiger partial charge in [-0.15, -0.1) is 0 Å². The molecule has 0 aliphatic heterocycles. The zero-order chi connectivity index (χ0) is 15.0. The second-order valence-electron chi connectivity index (χ2n) is 4.65. The van der Waals surface area contributed by atoms with Crippen LogP contribution in [0, 0.1) is 6.92 Å². The van der Waals surface area contributed by atoms with E-state index in [0.29, 0.717) is 27.3 Å². The summed E-state index contributed by atoms with van der Waals surface area (Å²) in [5.74, 6) is 0. The molecule has 0 saturated heterocycles. The van der Waals surface area contributed by atoms with E-state index in [1.54, 1.807) is 22.8 Å². The molecule has 108 valence electrons. The summed E-state index contributed by atoms with van der Waals surface area (Å²) in [6, 6.07) is 5.22. The minimum absolute atomic E-state index is 0.483. The van der Waals surface area contributed by atoms with Gasteiger partial charge in [-0.1, -0.05) is 34.8 Å². The molecule has 0 spiro atoms. The fourth-order valence-corrected chi connectivity index (χ4v) is 2.98. The minimum atomic E-state index is 0.483. The first-order chi connectivity index (χ1) is 10.0. The average Bonchev–Trinajstić information content (AvgIpc) is 2.76. The molecular formula is C14H11Cl3N4. The fraction of sp³-hybridized carbons (Fsp3) is 0.143. The number of halogens is 3. The van der Waals surface area contributed by atoms with Crippen molar-refractivity contribution in [3.8, 4) is 0 Å². The Morgan fingerprint density at radius 3 is 2.57 bits per heavy atom. The van der Waals surface area contributed by atoms with Crippen LogP contribution in [0.5, 0.6) is 0 Å². The number of nitrogens with one attached hydrogen (secondary N) is 1. The van der Waals surface area contributed by atoms with E-state index >= 15 is 0 Å². The Balaban J connectivity index is 1.83. The molecule has 0 bridgehead atoms. The van der Waals surface area contributed by atoms with Gasteiger partial charge >= 0.3 is 0 Å². The van der Waals surface area contributed by atoms with Gasteiger partial charge in [0, 0.05) is 35.6 Å². The highest BCUT2D eigenvalue weighted by atomic mass is 35.5. The molecule has 0 atom stereocenters. The number of fused-ring (bicyclic) bond motifs is 1. The molecule has 0 radical (unpaired) electrons. The average molecular weight is 342 g/mol. The minimum Gasteiger partial charge on any atom is -0.378 e. The van der Waals surface area contributed by atoms with Crippen LogP contribution in [0.1, 0.15) is 11.3 Å². The van der Waals surface area contributed by atoms with Gasteiger partial charge in [-0.2, -0.15) is 5.10 Å². The van der Waals surface area contributed by atoms with Crippen molar-refractivity contribution in [1.82, 2.24) is 14.6 Å². The van der Waals surface area contributed by atoms with Crippen molar-refractivity contribution in [2.45, 2.75) is 13.5 Å². The van der Waals surface area contributed by atoms with E-state index in [1.807, 2.05) is 19.2 Å². The highest BCUT2D eigenvalue weighted by Gasteiger charge is 2.08. The van der Waals surface area contributed by atoms with Gasteiger partial charge in [-0.3, -0.25) is 0 Å². The SMILES string of the molecule is Cc1cc2ncc(CNc3c(Cl)cc(Cl)cc3Cl)cn2n1. The van der Waals surface area contributed by atoms with Gasteiger partial charge in [0.05, 0.1) is 21.4 Å². The zero-order valence-electron chi connectivity index (χ0n) is 11.1. The normalized spacial score (nSPS) is 11.0. The van der Waals surface area contributed by atoms with Crippen LogP contribution >= 0.6 is 34.8 Å². The van der Waals surface area contributed by atoms with E-state index in [9.17, 15) is 0 Å². The smallest absolute Gasteiger partial charge is 0.155 e. The van der Waals surface area contributed by atoms with Gasteiger partial charge < -0.3 is 5.32 Å². The highest BCUT2D eigenvalue weighted by Crippen LogP contribution is 2.33. The van der Waals surface area contributed by atoms with Crippen LogP contribution in [-0.2, 0) is 6.54 Å². The van der Waals surface area contributed by atoms with Crippen molar-refractivity contribution in [1.29, 1.82) is 0 Å². The first-order valence-electron chi connectivity index (χ1n) is 6.22. The summed E-state index contributed by atoms with van der Waals surface area (Å²) >= 11 is 18.2. The molecule has 0 aliphatic carbocycles. The third kappa shape index (κ3) is 3.07. The number of aromatic nitrogens is 3. The quantitative estimate of drug-likeness (QED) is 0.756. The Kier molecular flexibility index (Phi) is 3.93. The first-order valence-corrected chi connectivity index (χ1v) is 7.35. The maximum atomic E-state index is 6.13. The van der Waals surface area contributed by atoms with Crippen molar-refractivity contribution in [3.63, 3.8) is 0 Å². The molecule has 0 amide bonds. The second kappa shape index (κ2) is 5.72. The first kappa shape index (κ1) is 14.4. The lowest BCUT2D eigenvalue weighted by molar-refractivity contribution is 0.895. The number of rotatable bonds is 3. The van der Waals surface area contributed by atoms with Crippen LogP contribution in [0.3, 0.4) is 0 Å². The standard InChI is InChI=1S/C14H11Cl3N4/c1-8-2-13-18-5-9(7-21(13)20-8)6-19-14-11(16)3-10(15)4-12(14)17/h2-5,7,19H,6H2,1H3. The van der Waals surface area contributed by atoms with Gasteiger partial charge in [-0.25, -0.2) is 9.50 Å². The molecule has 2 heterocycles. The molecule has 1 aromatic carbocycles. The number of aryl methyl sites for hydroxylation is 1. The van der Waals surface area contributed by atoms with E-state index < -0.39 is 0 Å². The Bertz CT molecular complexity index is 790. The molecule has 3 rings (SSSR count). The third-order valence-electron chi connectivity index (χ3n) is 2.97. The van der Waals surface area contributed by atoms with Crippen LogP contribution in [0.4, 0.5) is 5.69 Å². The lowest BCUT2D eigenvalue weighted by Gasteiger charge is -2.11. The van der Waals surface area contributed by atoms with Gasteiger partial charge in [0.25, 0.3) is 0 Å². The van der Waals surface area contributed by atoms with Crippen molar-refractivity contribution in [2.75, 3.05) is 5.32 Å². The number of hydrogen-bond donors (Lipinski definition) is 1. The summed E-state index contributed by atoms with van der Waals surface area (Å²) in [4.78, 5) is 4.35. The van der Waals surface area contributed by atoms with E-state index in [4.69, 9.17) is 34.8 Å². The van der Waals surface area contributed by atoms with Gasteiger partial charge in [-0.05, 0) is 19.1 Å². The lowest BCUT2D eigenvalue weighted by atomic mass is 10.3. The summed E-state index contributed by atoms with van der Waals surface area (Å²) in [7, 11) is 0.